The van der Waals surface area contributed by atoms with E-state index in [1.807, 2.05) is 12.1 Å². The van der Waals surface area contributed by atoms with Gasteiger partial charge in [-0.05, 0) is 49.0 Å². The first-order chi connectivity index (χ1) is 13.9. The zero-order valence-corrected chi connectivity index (χ0v) is 17.0. The molecule has 0 saturated carbocycles. The molecule has 0 atom stereocenters. The Bertz CT molecular complexity index is 1140. The molecule has 0 aliphatic rings. The molecule has 0 spiro atoms. The number of rotatable bonds is 7. The minimum Gasteiger partial charge on any atom is -0.496 e. The van der Waals surface area contributed by atoms with Crippen LogP contribution in [0, 0.1) is 21.8 Å². The van der Waals surface area contributed by atoms with E-state index in [1.54, 1.807) is 26.3 Å². The summed E-state index contributed by atoms with van der Waals surface area (Å²) in [5.74, 6) is 1.59. The van der Waals surface area contributed by atoms with Gasteiger partial charge in [-0.3, -0.25) is 15.2 Å². The Morgan fingerprint density at radius 2 is 2.10 bits per heavy atom. The Labute approximate surface area is 175 Å². The van der Waals surface area contributed by atoms with E-state index in [2.05, 4.69) is 15.3 Å². The van der Waals surface area contributed by atoms with Crippen LogP contribution in [0.4, 0.5) is 5.69 Å². The molecule has 0 fully saturated rings. The summed E-state index contributed by atoms with van der Waals surface area (Å²) in [4.78, 5) is 10.3. The van der Waals surface area contributed by atoms with Crippen molar-refractivity contribution in [2.75, 3.05) is 7.11 Å². The van der Waals surface area contributed by atoms with E-state index in [9.17, 15) is 10.1 Å². The zero-order valence-electron chi connectivity index (χ0n) is 15.5. The molecule has 1 aromatic heterocycles. The minimum atomic E-state index is -0.518. The van der Waals surface area contributed by atoms with Crippen LogP contribution in [-0.4, -0.2) is 33.1 Å². The Kier molecular flexibility index (Phi) is 6.25. The van der Waals surface area contributed by atoms with Gasteiger partial charge in [-0.1, -0.05) is 11.6 Å². The summed E-state index contributed by atoms with van der Waals surface area (Å²) in [5.41, 5.74) is 1.44. The third kappa shape index (κ3) is 4.79. The number of aryl methyl sites for hydroxylation is 1. The van der Waals surface area contributed by atoms with Crippen LogP contribution >= 0.6 is 23.8 Å². The van der Waals surface area contributed by atoms with Crippen molar-refractivity contribution in [1.29, 1.82) is 0 Å². The van der Waals surface area contributed by atoms with Crippen molar-refractivity contribution in [3.63, 3.8) is 0 Å². The van der Waals surface area contributed by atoms with Crippen LogP contribution in [0.2, 0.25) is 5.02 Å². The molecule has 1 N–H and O–H groups in total. The lowest BCUT2D eigenvalue weighted by Gasteiger charge is -2.12. The molecule has 0 aliphatic carbocycles. The maximum Gasteiger partial charge on any atom is 0.271 e. The van der Waals surface area contributed by atoms with Gasteiger partial charge in [0.1, 0.15) is 23.9 Å². The van der Waals surface area contributed by atoms with Gasteiger partial charge in [0.2, 0.25) is 4.77 Å². The summed E-state index contributed by atoms with van der Waals surface area (Å²) < 4.78 is 13.0. The van der Waals surface area contributed by atoms with Crippen molar-refractivity contribution >= 4 is 35.7 Å². The minimum absolute atomic E-state index is 0.105. The monoisotopic (exact) mass is 433 g/mol. The largest absolute Gasteiger partial charge is 0.496 e. The molecular weight excluding hydrogens is 418 g/mol. The third-order valence-corrected chi connectivity index (χ3v) is 4.51. The van der Waals surface area contributed by atoms with Gasteiger partial charge in [-0.2, -0.15) is 14.9 Å². The maximum absolute atomic E-state index is 10.8. The van der Waals surface area contributed by atoms with Crippen LogP contribution < -0.4 is 9.47 Å². The predicted octanol–water partition coefficient (Wildman–Crippen LogP) is 4.28. The molecule has 1 heterocycles. The van der Waals surface area contributed by atoms with E-state index in [0.29, 0.717) is 22.1 Å². The number of H-pyrrole nitrogens is 1. The fourth-order valence-electron chi connectivity index (χ4n) is 2.50. The molecular formula is C18H16ClN5O4S. The second-order valence-corrected chi connectivity index (χ2v) is 6.66. The Hall–Kier alpha value is -3.24. The Balaban J connectivity index is 1.81. The third-order valence-electron chi connectivity index (χ3n) is 3.95. The summed E-state index contributed by atoms with van der Waals surface area (Å²) in [6, 6.07) is 9.51. The SMILES string of the molecule is COc1ccc(/C=N/n2c(C)n[nH]c2=S)cc1COc1ccc([N+](=O)[O-])cc1Cl. The first kappa shape index (κ1) is 20.5. The molecule has 0 aliphatic heterocycles. The van der Waals surface area contributed by atoms with Crippen LogP contribution in [0.1, 0.15) is 17.0 Å². The summed E-state index contributed by atoms with van der Waals surface area (Å²) >= 11 is 11.2. The molecule has 2 aromatic carbocycles. The molecule has 0 bridgehead atoms. The van der Waals surface area contributed by atoms with Crippen molar-refractivity contribution in [3.8, 4) is 11.5 Å². The fourth-order valence-corrected chi connectivity index (χ4v) is 2.95. The molecule has 9 nitrogen and oxygen atoms in total. The number of nitro benzene ring substituents is 1. The van der Waals surface area contributed by atoms with Gasteiger partial charge in [-0.25, -0.2) is 0 Å². The van der Waals surface area contributed by atoms with Crippen LogP contribution in [0.5, 0.6) is 11.5 Å². The van der Waals surface area contributed by atoms with Crippen LogP contribution in [0.15, 0.2) is 41.5 Å². The van der Waals surface area contributed by atoms with E-state index in [-0.39, 0.29) is 17.3 Å². The lowest BCUT2D eigenvalue weighted by molar-refractivity contribution is -0.384. The number of nitrogens with zero attached hydrogens (tertiary/aromatic N) is 4. The molecule has 29 heavy (non-hydrogen) atoms. The molecule has 0 unspecified atom stereocenters. The molecule has 3 aromatic rings. The van der Waals surface area contributed by atoms with E-state index < -0.39 is 4.92 Å². The molecule has 0 saturated heterocycles. The first-order valence-electron chi connectivity index (χ1n) is 8.31. The highest BCUT2D eigenvalue weighted by atomic mass is 35.5. The van der Waals surface area contributed by atoms with Gasteiger partial charge >= 0.3 is 0 Å². The Morgan fingerprint density at radius 1 is 1.34 bits per heavy atom. The van der Waals surface area contributed by atoms with Crippen molar-refractivity contribution in [3.05, 3.63) is 73.3 Å². The number of nitrogens with one attached hydrogen (secondary N) is 1. The molecule has 150 valence electrons. The number of non-ortho nitro benzene ring substituents is 1. The lowest BCUT2D eigenvalue weighted by Crippen LogP contribution is -2.01. The van der Waals surface area contributed by atoms with Gasteiger partial charge in [-0.15, -0.1) is 0 Å². The van der Waals surface area contributed by atoms with Crippen molar-refractivity contribution < 1.29 is 14.4 Å². The number of hydrogen-bond acceptors (Lipinski definition) is 7. The van der Waals surface area contributed by atoms with Crippen LogP contribution in [0.3, 0.4) is 0 Å². The number of aromatic nitrogens is 3. The quantitative estimate of drug-likeness (QED) is 0.258. The van der Waals surface area contributed by atoms with Gasteiger partial charge in [0.05, 0.1) is 23.3 Å². The topological polar surface area (TPSA) is 108 Å². The predicted molar refractivity (Wildman–Crippen MR) is 111 cm³/mol. The average molecular weight is 434 g/mol. The highest BCUT2D eigenvalue weighted by Gasteiger charge is 2.12. The van der Waals surface area contributed by atoms with Crippen LogP contribution in [-0.2, 0) is 6.61 Å². The number of halogens is 1. The van der Waals surface area contributed by atoms with Gasteiger partial charge in [0.25, 0.3) is 5.69 Å². The van der Waals surface area contributed by atoms with Crippen molar-refractivity contribution in [2.45, 2.75) is 13.5 Å². The molecule has 3 rings (SSSR count). The number of ether oxygens (including phenoxy) is 2. The summed E-state index contributed by atoms with van der Waals surface area (Å²) in [7, 11) is 1.56. The highest BCUT2D eigenvalue weighted by Crippen LogP contribution is 2.30. The normalized spacial score (nSPS) is 11.0. The van der Waals surface area contributed by atoms with Crippen molar-refractivity contribution in [2.24, 2.45) is 5.10 Å². The van der Waals surface area contributed by atoms with Crippen LogP contribution in [0.25, 0.3) is 0 Å². The summed E-state index contributed by atoms with van der Waals surface area (Å²) in [6.45, 7) is 1.93. The molecule has 0 radical (unpaired) electrons. The van der Waals surface area contributed by atoms with Crippen molar-refractivity contribution in [1.82, 2.24) is 14.9 Å². The first-order valence-corrected chi connectivity index (χ1v) is 9.09. The van der Waals surface area contributed by atoms with Gasteiger partial charge in [0.15, 0.2) is 0 Å². The van der Waals surface area contributed by atoms with E-state index in [4.69, 9.17) is 33.3 Å². The zero-order chi connectivity index (χ0) is 21.0. The van der Waals surface area contributed by atoms with Gasteiger partial charge in [0, 0.05) is 17.7 Å². The van der Waals surface area contributed by atoms with E-state index >= 15 is 0 Å². The second kappa shape index (κ2) is 8.84. The number of aromatic amines is 1. The fraction of sp³-hybridized carbons (Fsp3) is 0.167. The van der Waals surface area contributed by atoms with E-state index in [0.717, 1.165) is 11.1 Å². The second-order valence-electron chi connectivity index (χ2n) is 5.86. The molecule has 11 heteroatoms. The highest BCUT2D eigenvalue weighted by molar-refractivity contribution is 7.71. The number of benzene rings is 2. The number of nitro groups is 1. The molecule has 0 amide bonds. The number of hydrogen-bond donors (Lipinski definition) is 1. The maximum atomic E-state index is 10.8. The van der Waals surface area contributed by atoms with E-state index in [1.165, 1.54) is 22.9 Å². The summed E-state index contributed by atoms with van der Waals surface area (Å²) in [5, 5.41) is 22.0. The lowest BCUT2D eigenvalue weighted by atomic mass is 10.1. The standard InChI is InChI=1S/C18H16ClN5O4S/c1-11-21-22-18(29)23(11)20-9-12-3-5-16(27-2)13(7-12)10-28-17-6-4-14(24(25)26)8-15(17)19/h3-9H,10H2,1-2H3,(H,22,29)/b20-9+. The number of methoxy groups -OCH3 is 1. The smallest absolute Gasteiger partial charge is 0.271 e. The average Bonchev–Trinajstić information content (AvgIpc) is 3.02. The summed E-state index contributed by atoms with van der Waals surface area (Å²) in [6.07, 6.45) is 1.64. The van der Waals surface area contributed by atoms with Gasteiger partial charge < -0.3 is 9.47 Å². The Morgan fingerprint density at radius 3 is 2.72 bits per heavy atom.